The number of hydrogen-bond acceptors (Lipinski definition) is 4. The van der Waals surface area contributed by atoms with Gasteiger partial charge in [-0.05, 0) is 59.8 Å². The Hall–Kier alpha value is -3.35. The Labute approximate surface area is 206 Å². The molecule has 0 heterocycles. The minimum Gasteiger partial charge on any atom is -0.480 e. The number of carboxylic acids is 1. The molecule has 2 aliphatic carbocycles. The first-order chi connectivity index (χ1) is 16.8. The maximum absolute atomic E-state index is 13.3. The number of carboxylic acid groups (broad SMARTS) is 1. The van der Waals surface area contributed by atoms with Gasteiger partial charge in [0.15, 0.2) is 0 Å². The van der Waals surface area contributed by atoms with E-state index in [1.807, 2.05) is 38.1 Å². The van der Waals surface area contributed by atoms with Gasteiger partial charge < -0.3 is 20.1 Å². The third kappa shape index (κ3) is 6.21. The average molecular weight is 479 g/mol. The molecular weight excluding hydrogens is 444 g/mol. The lowest BCUT2D eigenvalue weighted by molar-refractivity contribution is -0.145. The van der Waals surface area contributed by atoms with E-state index in [-0.39, 0.29) is 25.0 Å². The molecule has 2 amide bonds. The molecule has 1 atom stereocenters. The summed E-state index contributed by atoms with van der Waals surface area (Å²) in [4.78, 5) is 38.9. The van der Waals surface area contributed by atoms with Gasteiger partial charge in [0, 0.05) is 12.5 Å². The predicted octanol–water partition coefficient (Wildman–Crippen LogP) is 4.65. The number of rotatable bonds is 11. The first-order valence-electron chi connectivity index (χ1n) is 12.5. The van der Waals surface area contributed by atoms with Crippen LogP contribution in [0, 0.1) is 11.8 Å². The summed E-state index contributed by atoms with van der Waals surface area (Å²) in [5.74, 6) is -0.794. The van der Waals surface area contributed by atoms with Crippen LogP contribution < -0.4 is 5.32 Å². The fourth-order valence-corrected chi connectivity index (χ4v) is 4.77. The zero-order valence-electron chi connectivity index (χ0n) is 20.4. The number of amides is 2. The number of nitrogens with zero attached hydrogens (tertiary/aromatic N) is 1. The first kappa shape index (κ1) is 24.8. The number of aliphatic carboxylic acids is 1. The largest absolute Gasteiger partial charge is 0.480 e. The smallest absolute Gasteiger partial charge is 0.407 e. The number of carbonyl (C=O) groups is 3. The highest BCUT2D eigenvalue weighted by Crippen LogP contribution is 2.44. The van der Waals surface area contributed by atoms with Crippen LogP contribution in [0.4, 0.5) is 4.79 Å². The van der Waals surface area contributed by atoms with Gasteiger partial charge in [0.1, 0.15) is 19.2 Å². The summed E-state index contributed by atoms with van der Waals surface area (Å²) in [6, 6.07) is 15.4. The van der Waals surface area contributed by atoms with Crippen molar-refractivity contribution in [1.29, 1.82) is 0 Å². The lowest BCUT2D eigenvalue weighted by atomic mass is 9.98. The number of ether oxygens (including phenoxy) is 1. The molecule has 0 spiro atoms. The van der Waals surface area contributed by atoms with E-state index in [9.17, 15) is 19.5 Å². The molecule has 1 unspecified atom stereocenters. The number of nitrogens with one attached hydrogen (secondary N) is 1. The lowest BCUT2D eigenvalue weighted by Gasteiger charge is -2.27. The van der Waals surface area contributed by atoms with Crippen LogP contribution >= 0.6 is 0 Å². The molecule has 0 bridgehead atoms. The summed E-state index contributed by atoms with van der Waals surface area (Å²) >= 11 is 0. The minimum absolute atomic E-state index is 0.0728. The highest BCUT2D eigenvalue weighted by atomic mass is 16.5. The third-order valence-corrected chi connectivity index (χ3v) is 6.78. The Morgan fingerprint density at radius 1 is 1.00 bits per heavy atom. The van der Waals surface area contributed by atoms with Crippen LogP contribution in [0.15, 0.2) is 48.5 Å². The second-order valence-corrected chi connectivity index (χ2v) is 10.0. The first-order valence-corrected chi connectivity index (χ1v) is 12.5. The second-order valence-electron chi connectivity index (χ2n) is 10.0. The number of carbonyl (C=O) groups excluding carboxylic acids is 2. The predicted molar refractivity (Wildman–Crippen MR) is 133 cm³/mol. The molecule has 2 N–H and O–H groups in total. The van der Waals surface area contributed by atoms with E-state index in [4.69, 9.17) is 4.74 Å². The molecular formula is C28H34N2O5. The number of alkyl carbamates (subject to hydrolysis) is 1. The molecule has 4 rings (SSSR count). The van der Waals surface area contributed by atoms with Crippen molar-refractivity contribution < 1.29 is 24.2 Å². The Morgan fingerprint density at radius 2 is 1.60 bits per heavy atom. The molecule has 1 saturated carbocycles. The quantitative estimate of drug-likeness (QED) is 0.490. The van der Waals surface area contributed by atoms with Crippen molar-refractivity contribution in [3.63, 3.8) is 0 Å². The minimum atomic E-state index is -1.05. The summed E-state index contributed by atoms with van der Waals surface area (Å²) in [7, 11) is 0. The van der Waals surface area contributed by atoms with Gasteiger partial charge >= 0.3 is 12.1 Å². The van der Waals surface area contributed by atoms with Crippen molar-refractivity contribution in [2.75, 3.05) is 19.7 Å². The molecule has 1 fully saturated rings. The normalized spacial score (nSPS) is 15.3. The molecule has 35 heavy (non-hydrogen) atoms. The van der Waals surface area contributed by atoms with Gasteiger partial charge in [0.25, 0.3) is 0 Å². The van der Waals surface area contributed by atoms with Crippen molar-refractivity contribution in [2.45, 2.75) is 51.5 Å². The number of benzene rings is 2. The molecule has 0 radical (unpaired) electrons. The Bertz CT molecular complexity index is 1030. The summed E-state index contributed by atoms with van der Waals surface area (Å²) < 4.78 is 5.64. The van der Waals surface area contributed by atoms with E-state index in [1.165, 1.54) is 4.90 Å². The summed E-state index contributed by atoms with van der Waals surface area (Å²) in [5, 5.41) is 12.1. The maximum Gasteiger partial charge on any atom is 0.407 e. The van der Waals surface area contributed by atoms with Gasteiger partial charge in [-0.25, -0.2) is 4.79 Å². The van der Waals surface area contributed by atoms with Crippen LogP contribution in [0.5, 0.6) is 0 Å². The maximum atomic E-state index is 13.3. The van der Waals surface area contributed by atoms with Crippen LogP contribution in [0.25, 0.3) is 11.1 Å². The van der Waals surface area contributed by atoms with Gasteiger partial charge in [0.05, 0.1) is 0 Å². The summed E-state index contributed by atoms with van der Waals surface area (Å²) in [6.07, 6.45) is 2.50. The molecule has 186 valence electrons. The van der Waals surface area contributed by atoms with Gasteiger partial charge in [-0.15, -0.1) is 0 Å². The fraction of sp³-hybridized carbons (Fsp3) is 0.464. The standard InChI is InChI=1S/C28H34N2O5/c1-18(2)11-14-25(27(33)30(16-26(31)32)15-19-12-13-19)29-28(34)35-17-24-22-9-5-3-7-20(22)21-8-4-6-10-23(21)24/h3-10,18-19,24-25H,11-17H2,1-2H3,(H,29,34)(H,31,32). The van der Waals surface area contributed by atoms with E-state index in [0.717, 1.165) is 41.5 Å². The van der Waals surface area contributed by atoms with E-state index < -0.39 is 18.1 Å². The van der Waals surface area contributed by atoms with Gasteiger partial charge in [-0.1, -0.05) is 62.4 Å². The molecule has 2 aromatic rings. The van der Waals surface area contributed by atoms with Crippen molar-refractivity contribution in [2.24, 2.45) is 11.8 Å². The van der Waals surface area contributed by atoms with Gasteiger partial charge in [0.2, 0.25) is 5.91 Å². The molecule has 0 aliphatic heterocycles. The van der Waals surface area contributed by atoms with Crippen LogP contribution in [0.1, 0.15) is 56.6 Å². The van der Waals surface area contributed by atoms with E-state index in [1.54, 1.807) is 0 Å². The Balaban J connectivity index is 1.43. The van der Waals surface area contributed by atoms with Crippen LogP contribution in [0.3, 0.4) is 0 Å². The lowest BCUT2D eigenvalue weighted by Crippen LogP contribution is -2.50. The topological polar surface area (TPSA) is 95.9 Å². The Morgan fingerprint density at radius 3 is 2.14 bits per heavy atom. The fourth-order valence-electron chi connectivity index (χ4n) is 4.77. The molecule has 7 nitrogen and oxygen atoms in total. The molecule has 0 aromatic heterocycles. The van der Waals surface area contributed by atoms with Crippen LogP contribution in [-0.2, 0) is 14.3 Å². The average Bonchev–Trinajstić information content (AvgIpc) is 3.59. The molecule has 0 saturated heterocycles. The Kier molecular flexibility index (Phi) is 7.73. The zero-order chi connectivity index (χ0) is 24.9. The van der Waals surface area contributed by atoms with Crippen LogP contribution in [-0.4, -0.2) is 53.7 Å². The molecule has 2 aromatic carbocycles. The highest BCUT2D eigenvalue weighted by Gasteiger charge is 2.33. The van der Waals surface area contributed by atoms with Crippen molar-refractivity contribution in [1.82, 2.24) is 10.2 Å². The summed E-state index contributed by atoms with van der Waals surface area (Å²) in [6.45, 7) is 4.31. The third-order valence-electron chi connectivity index (χ3n) is 6.78. The van der Waals surface area contributed by atoms with Crippen molar-refractivity contribution in [3.8, 4) is 11.1 Å². The van der Waals surface area contributed by atoms with E-state index in [2.05, 4.69) is 29.6 Å². The summed E-state index contributed by atoms with van der Waals surface area (Å²) in [5.41, 5.74) is 4.52. The SMILES string of the molecule is CC(C)CCC(NC(=O)OCC1c2ccccc2-c2ccccc21)C(=O)N(CC(=O)O)CC1CC1. The van der Waals surface area contributed by atoms with Gasteiger partial charge in [-0.3, -0.25) is 9.59 Å². The number of hydrogen-bond donors (Lipinski definition) is 2. The molecule has 7 heteroatoms. The molecule has 2 aliphatic rings. The van der Waals surface area contributed by atoms with Crippen molar-refractivity contribution >= 4 is 18.0 Å². The van der Waals surface area contributed by atoms with E-state index in [0.29, 0.717) is 24.8 Å². The van der Waals surface area contributed by atoms with Crippen molar-refractivity contribution in [3.05, 3.63) is 59.7 Å². The number of fused-ring (bicyclic) bond motifs is 3. The van der Waals surface area contributed by atoms with Crippen LogP contribution in [0.2, 0.25) is 0 Å². The second kappa shape index (κ2) is 10.9. The monoisotopic (exact) mass is 478 g/mol. The van der Waals surface area contributed by atoms with E-state index >= 15 is 0 Å². The highest BCUT2D eigenvalue weighted by molar-refractivity contribution is 5.88. The van der Waals surface area contributed by atoms with Gasteiger partial charge in [-0.2, -0.15) is 0 Å². The zero-order valence-corrected chi connectivity index (χ0v) is 20.4.